The molecule has 12 N–H and O–H groups in total. The number of aliphatic hydroxyl groups excluding tert-OH is 1. The van der Waals surface area contributed by atoms with E-state index in [0.29, 0.717) is 39.3 Å². The van der Waals surface area contributed by atoms with Gasteiger partial charge in [0.1, 0.15) is 6.10 Å². The average molecular weight is 249 g/mol. The molecule has 0 aliphatic heterocycles. The van der Waals surface area contributed by atoms with Crippen LogP contribution in [0.1, 0.15) is 0 Å². The fraction of sp³-hybridized carbons (Fsp3) is 1.00. The molecule has 17 heavy (non-hydrogen) atoms. The van der Waals surface area contributed by atoms with Crippen LogP contribution in [0, 0.1) is 0 Å². The zero-order valence-electron chi connectivity index (χ0n) is 10.3. The molecule has 8 heteroatoms. The SMILES string of the molecule is NCCNC(NCCN)(NCCN)C(O)CN. The van der Waals surface area contributed by atoms with Crippen molar-refractivity contribution in [2.75, 3.05) is 45.8 Å². The van der Waals surface area contributed by atoms with Gasteiger partial charge in [-0.25, -0.2) is 0 Å². The van der Waals surface area contributed by atoms with E-state index in [1.807, 2.05) is 0 Å². The first-order chi connectivity index (χ1) is 8.16. The van der Waals surface area contributed by atoms with E-state index in [1.54, 1.807) is 0 Å². The summed E-state index contributed by atoms with van der Waals surface area (Å²) in [6, 6.07) is 0. The lowest BCUT2D eigenvalue weighted by Gasteiger charge is -2.40. The maximum atomic E-state index is 10.0. The third-order valence-electron chi connectivity index (χ3n) is 2.37. The van der Waals surface area contributed by atoms with E-state index in [-0.39, 0.29) is 6.54 Å². The summed E-state index contributed by atoms with van der Waals surface area (Å²) >= 11 is 0. The highest BCUT2D eigenvalue weighted by Gasteiger charge is 2.35. The van der Waals surface area contributed by atoms with Crippen molar-refractivity contribution in [1.29, 1.82) is 0 Å². The molecule has 8 nitrogen and oxygen atoms in total. The van der Waals surface area contributed by atoms with Crippen LogP contribution < -0.4 is 38.9 Å². The van der Waals surface area contributed by atoms with Crippen LogP contribution in [0.15, 0.2) is 0 Å². The van der Waals surface area contributed by atoms with Crippen molar-refractivity contribution in [2.24, 2.45) is 22.9 Å². The number of aliphatic hydroxyl groups is 1. The van der Waals surface area contributed by atoms with Gasteiger partial charge in [-0.3, -0.25) is 16.0 Å². The summed E-state index contributed by atoms with van der Waals surface area (Å²) in [6.07, 6.45) is -0.813. The highest BCUT2D eigenvalue weighted by atomic mass is 16.3. The van der Waals surface area contributed by atoms with Gasteiger partial charge in [-0.1, -0.05) is 0 Å². The predicted octanol–water partition coefficient (Wildman–Crippen LogP) is -4.40. The van der Waals surface area contributed by atoms with Crippen LogP contribution in [0.4, 0.5) is 0 Å². The van der Waals surface area contributed by atoms with Gasteiger partial charge in [0.25, 0.3) is 0 Å². The van der Waals surface area contributed by atoms with Gasteiger partial charge in [-0.15, -0.1) is 0 Å². The molecule has 0 aliphatic rings. The van der Waals surface area contributed by atoms with Crippen LogP contribution in [-0.4, -0.2) is 62.8 Å². The van der Waals surface area contributed by atoms with Crippen LogP contribution >= 0.6 is 0 Å². The van der Waals surface area contributed by atoms with E-state index in [2.05, 4.69) is 16.0 Å². The second kappa shape index (κ2) is 9.68. The quantitative estimate of drug-likeness (QED) is 0.170. The predicted molar refractivity (Wildman–Crippen MR) is 69.0 cm³/mol. The number of hydrogen-bond donors (Lipinski definition) is 8. The van der Waals surface area contributed by atoms with E-state index in [1.165, 1.54) is 0 Å². The molecule has 0 aromatic carbocycles. The zero-order valence-corrected chi connectivity index (χ0v) is 10.3. The molecule has 1 atom stereocenters. The first kappa shape index (κ1) is 16.7. The Bertz CT molecular complexity index is 159. The smallest absolute Gasteiger partial charge is 0.151 e. The Morgan fingerprint density at radius 1 is 0.824 bits per heavy atom. The third kappa shape index (κ3) is 5.70. The maximum absolute atomic E-state index is 10.0. The molecular weight excluding hydrogens is 222 g/mol. The van der Waals surface area contributed by atoms with Gasteiger partial charge in [-0.05, 0) is 0 Å². The van der Waals surface area contributed by atoms with Crippen molar-refractivity contribution in [3.05, 3.63) is 0 Å². The van der Waals surface area contributed by atoms with E-state index < -0.39 is 11.9 Å². The minimum Gasteiger partial charge on any atom is -0.387 e. The molecule has 0 fully saturated rings. The molecule has 0 saturated heterocycles. The van der Waals surface area contributed by atoms with Gasteiger partial charge >= 0.3 is 0 Å². The molecule has 0 bridgehead atoms. The Morgan fingerprint density at radius 2 is 1.18 bits per heavy atom. The topological polar surface area (TPSA) is 160 Å². The van der Waals surface area contributed by atoms with Gasteiger partial charge in [0.15, 0.2) is 5.79 Å². The lowest BCUT2D eigenvalue weighted by molar-refractivity contribution is 0.0196. The summed E-state index contributed by atoms with van der Waals surface area (Å²) in [6.45, 7) is 3.06. The highest BCUT2D eigenvalue weighted by Crippen LogP contribution is 2.02. The lowest BCUT2D eigenvalue weighted by Crippen LogP contribution is -2.75. The molecule has 1 unspecified atom stereocenters. The van der Waals surface area contributed by atoms with Crippen molar-refractivity contribution in [3.8, 4) is 0 Å². The fourth-order valence-corrected chi connectivity index (χ4v) is 1.53. The maximum Gasteiger partial charge on any atom is 0.151 e. The normalized spacial score (nSPS) is 13.9. The molecule has 0 aliphatic carbocycles. The minimum absolute atomic E-state index is 0.104. The van der Waals surface area contributed by atoms with Gasteiger partial charge in [0.05, 0.1) is 0 Å². The first-order valence-corrected chi connectivity index (χ1v) is 5.90. The van der Waals surface area contributed by atoms with Crippen molar-refractivity contribution in [2.45, 2.75) is 11.9 Å². The molecule has 0 aromatic rings. The monoisotopic (exact) mass is 249 g/mol. The molecule has 0 spiro atoms. The second-order valence-corrected chi connectivity index (χ2v) is 3.71. The molecule has 0 rings (SSSR count). The number of nitrogens with one attached hydrogen (secondary N) is 3. The van der Waals surface area contributed by atoms with Crippen LogP contribution in [0.25, 0.3) is 0 Å². The minimum atomic E-state index is -0.896. The molecule has 0 radical (unpaired) electrons. The summed E-state index contributed by atoms with van der Waals surface area (Å²) in [7, 11) is 0. The molecule has 0 amide bonds. The Kier molecular flexibility index (Phi) is 9.50. The summed E-state index contributed by atoms with van der Waals surface area (Å²) < 4.78 is 0. The van der Waals surface area contributed by atoms with Crippen LogP contribution in [0.5, 0.6) is 0 Å². The third-order valence-corrected chi connectivity index (χ3v) is 2.37. The van der Waals surface area contributed by atoms with Gasteiger partial charge in [-0.2, -0.15) is 0 Å². The number of rotatable bonds is 11. The van der Waals surface area contributed by atoms with Gasteiger partial charge in [0, 0.05) is 45.8 Å². The summed E-state index contributed by atoms with van der Waals surface area (Å²) in [5, 5.41) is 19.4. The molecular formula is C9H27N7O. The Hall–Kier alpha value is -0.320. The number of hydrogen-bond acceptors (Lipinski definition) is 8. The number of nitrogens with two attached hydrogens (primary N) is 4. The van der Waals surface area contributed by atoms with Gasteiger partial charge < -0.3 is 28.0 Å². The van der Waals surface area contributed by atoms with Gasteiger partial charge in [0.2, 0.25) is 0 Å². The molecule has 0 heterocycles. The Labute approximate surface area is 102 Å². The summed E-state index contributed by atoms with van der Waals surface area (Å²) in [5.74, 6) is -0.896. The van der Waals surface area contributed by atoms with E-state index in [0.717, 1.165) is 0 Å². The van der Waals surface area contributed by atoms with E-state index in [4.69, 9.17) is 22.9 Å². The zero-order chi connectivity index (χ0) is 13.1. The van der Waals surface area contributed by atoms with Crippen molar-refractivity contribution in [1.82, 2.24) is 16.0 Å². The summed E-state index contributed by atoms with van der Waals surface area (Å²) in [4.78, 5) is 0. The van der Waals surface area contributed by atoms with Crippen LogP contribution in [0.2, 0.25) is 0 Å². The van der Waals surface area contributed by atoms with Crippen molar-refractivity contribution < 1.29 is 5.11 Å². The van der Waals surface area contributed by atoms with Crippen molar-refractivity contribution >= 4 is 0 Å². The van der Waals surface area contributed by atoms with Crippen molar-refractivity contribution in [3.63, 3.8) is 0 Å². The molecule has 104 valence electrons. The second-order valence-electron chi connectivity index (χ2n) is 3.71. The average Bonchev–Trinajstić information content (AvgIpc) is 2.37. The highest BCUT2D eigenvalue weighted by molar-refractivity contribution is 4.91. The molecule has 0 saturated carbocycles. The van der Waals surface area contributed by atoms with E-state index >= 15 is 0 Å². The largest absolute Gasteiger partial charge is 0.387 e. The lowest BCUT2D eigenvalue weighted by atomic mass is 10.1. The van der Waals surface area contributed by atoms with Crippen LogP contribution in [0.3, 0.4) is 0 Å². The summed E-state index contributed by atoms with van der Waals surface area (Å²) in [5.41, 5.74) is 21.9. The Morgan fingerprint density at radius 3 is 1.41 bits per heavy atom. The van der Waals surface area contributed by atoms with E-state index in [9.17, 15) is 5.11 Å². The first-order valence-electron chi connectivity index (χ1n) is 5.90. The van der Waals surface area contributed by atoms with Crippen LogP contribution in [-0.2, 0) is 0 Å². The fourth-order valence-electron chi connectivity index (χ4n) is 1.53. The Balaban J connectivity index is 4.63. The molecule has 0 aromatic heterocycles. The standard InChI is InChI=1S/C9H27N7O/c10-1-4-14-9(8(17)7-13,15-5-2-11)16-6-3-12/h8,14-17H,1-7,10-13H2.